The van der Waals surface area contributed by atoms with Crippen molar-refractivity contribution in [2.45, 2.75) is 39.2 Å². The van der Waals surface area contributed by atoms with E-state index in [0.717, 1.165) is 0 Å². The van der Waals surface area contributed by atoms with E-state index in [9.17, 15) is 18.4 Å². The van der Waals surface area contributed by atoms with Gasteiger partial charge in [0, 0.05) is 30.4 Å². The molecule has 0 unspecified atom stereocenters. The van der Waals surface area contributed by atoms with Crippen LogP contribution in [0.3, 0.4) is 0 Å². The van der Waals surface area contributed by atoms with Crippen LogP contribution in [0, 0.1) is 0 Å². The Morgan fingerprint density at radius 2 is 1.86 bits per heavy atom. The molecule has 2 aromatic carbocycles. The number of fused-ring (bicyclic) bond motifs is 1. The van der Waals surface area contributed by atoms with E-state index in [-0.39, 0.29) is 40.8 Å². The number of halogens is 2. The molecule has 4 rings (SSSR count). The zero-order chi connectivity index (χ0) is 26.7. The monoisotopic (exact) mass is 507 g/mol. The van der Waals surface area contributed by atoms with Crippen LogP contribution in [0.5, 0.6) is 11.5 Å². The van der Waals surface area contributed by atoms with Crippen molar-refractivity contribution < 1.29 is 23.1 Å². The lowest BCUT2D eigenvalue weighted by molar-refractivity contribution is -0.115. The van der Waals surface area contributed by atoms with Crippen molar-refractivity contribution in [1.29, 1.82) is 0 Å². The maximum Gasteiger partial charge on any atom is 0.267 e. The third-order valence-electron chi connectivity index (χ3n) is 5.64. The first-order valence-electron chi connectivity index (χ1n) is 11.6. The molecule has 2 aromatic heterocycles. The van der Waals surface area contributed by atoms with E-state index in [2.05, 4.69) is 20.7 Å². The maximum absolute atomic E-state index is 14.0. The number of amides is 2. The summed E-state index contributed by atoms with van der Waals surface area (Å²) in [5.74, 6) is -0.426. The number of carbonyl (C=O) groups is 2. The van der Waals surface area contributed by atoms with Gasteiger partial charge in [0.05, 0.1) is 34.9 Å². The van der Waals surface area contributed by atoms with Gasteiger partial charge in [-0.3, -0.25) is 19.3 Å². The number of aromatic nitrogens is 3. The number of alkyl halides is 2. The lowest BCUT2D eigenvalue weighted by Gasteiger charge is -2.18. The standard InChI is InChI=1S/C27H27F2N5O3/c1-27(2,3)34-15-18(14-32-34)33-24(35)12-16-5-8-22(20(11-16)25(28)29)37-23-9-10-31-21-7-6-17(13-19(21)23)26(36)30-4/h5-11,13-15,25H,12H2,1-4H3,(H,30,36)(H,33,35). The van der Waals surface area contributed by atoms with Crippen LogP contribution >= 0.6 is 0 Å². The van der Waals surface area contributed by atoms with E-state index in [1.807, 2.05) is 20.8 Å². The Morgan fingerprint density at radius 1 is 1.08 bits per heavy atom. The third kappa shape index (κ3) is 5.91. The minimum atomic E-state index is -2.84. The molecule has 2 N–H and O–H groups in total. The average Bonchev–Trinajstić information content (AvgIpc) is 3.33. The molecule has 0 radical (unpaired) electrons. The first-order valence-corrected chi connectivity index (χ1v) is 11.6. The highest BCUT2D eigenvalue weighted by Gasteiger charge is 2.19. The molecule has 0 aliphatic rings. The van der Waals surface area contributed by atoms with Crippen LogP contribution in [0.1, 0.15) is 48.7 Å². The second-order valence-electron chi connectivity index (χ2n) is 9.46. The minimum Gasteiger partial charge on any atom is -0.456 e. The van der Waals surface area contributed by atoms with Crippen molar-refractivity contribution in [1.82, 2.24) is 20.1 Å². The molecule has 0 spiro atoms. The molecule has 0 bridgehead atoms. The van der Waals surface area contributed by atoms with Crippen molar-refractivity contribution in [2.75, 3.05) is 12.4 Å². The lowest BCUT2D eigenvalue weighted by Crippen LogP contribution is -2.22. The number of hydrogen-bond donors (Lipinski definition) is 2. The molecule has 192 valence electrons. The largest absolute Gasteiger partial charge is 0.456 e. The number of carbonyl (C=O) groups excluding carboxylic acids is 2. The molecule has 0 saturated heterocycles. The first kappa shape index (κ1) is 25.7. The normalized spacial score (nSPS) is 11.5. The van der Waals surface area contributed by atoms with Gasteiger partial charge in [-0.05, 0) is 62.7 Å². The summed E-state index contributed by atoms with van der Waals surface area (Å²) in [6, 6.07) is 10.7. The van der Waals surface area contributed by atoms with Gasteiger partial charge in [0.15, 0.2) is 0 Å². The van der Waals surface area contributed by atoms with Gasteiger partial charge in [0.25, 0.3) is 12.3 Å². The zero-order valence-corrected chi connectivity index (χ0v) is 20.9. The van der Waals surface area contributed by atoms with Crippen LogP contribution < -0.4 is 15.4 Å². The molecule has 10 heteroatoms. The maximum atomic E-state index is 14.0. The van der Waals surface area contributed by atoms with Crippen LogP contribution in [0.2, 0.25) is 0 Å². The molecule has 37 heavy (non-hydrogen) atoms. The Labute approximate surface area is 212 Å². The predicted octanol–water partition coefficient (Wildman–Crippen LogP) is 5.46. The predicted molar refractivity (Wildman–Crippen MR) is 136 cm³/mol. The highest BCUT2D eigenvalue weighted by atomic mass is 19.3. The van der Waals surface area contributed by atoms with Crippen molar-refractivity contribution in [2.24, 2.45) is 0 Å². The van der Waals surface area contributed by atoms with Crippen LogP contribution in [0.15, 0.2) is 61.1 Å². The molecular weight excluding hydrogens is 480 g/mol. The second kappa shape index (κ2) is 10.3. The Bertz CT molecular complexity index is 1460. The highest BCUT2D eigenvalue weighted by Crippen LogP contribution is 2.36. The molecule has 0 atom stereocenters. The van der Waals surface area contributed by atoms with E-state index in [1.165, 1.54) is 25.4 Å². The summed E-state index contributed by atoms with van der Waals surface area (Å²) >= 11 is 0. The van der Waals surface area contributed by atoms with E-state index in [4.69, 9.17) is 4.74 Å². The van der Waals surface area contributed by atoms with E-state index >= 15 is 0 Å². The van der Waals surface area contributed by atoms with Crippen molar-refractivity contribution in [3.63, 3.8) is 0 Å². The number of nitrogens with zero attached hydrogens (tertiary/aromatic N) is 3. The summed E-state index contributed by atoms with van der Waals surface area (Å²) in [5, 5.41) is 10.0. The van der Waals surface area contributed by atoms with E-state index in [1.54, 1.807) is 47.4 Å². The van der Waals surface area contributed by atoms with Gasteiger partial charge in [-0.1, -0.05) is 6.07 Å². The van der Waals surface area contributed by atoms with Crippen molar-refractivity contribution >= 4 is 28.4 Å². The zero-order valence-electron chi connectivity index (χ0n) is 20.9. The fourth-order valence-corrected chi connectivity index (χ4v) is 3.73. The summed E-state index contributed by atoms with van der Waals surface area (Å²) in [4.78, 5) is 28.8. The van der Waals surface area contributed by atoms with Gasteiger partial charge in [0.1, 0.15) is 11.5 Å². The second-order valence-corrected chi connectivity index (χ2v) is 9.46. The quantitative estimate of drug-likeness (QED) is 0.346. The van der Waals surface area contributed by atoms with Crippen LogP contribution in [-0.2, 0) is 16.8 Å². The van der Waals surface area contributed by atoms with Gasteiger partial charge < -0.3 is 15.4 Å². The minimum absolute atomic E-state index is 0.0524. The average molecular weight is 508 g/mol. The molecule has 4 aromatic rings. The number of rotatable bonds is 7. The van der Waals surface area contributed by atoms with Crippen LogP contribution in [0.4, 0.5) is 14.5 Å². The van der Waals surface area contributed by atoms with E-state index in [0.29, 0.717) is 27.7 Å². The topological polar surface area (TPSA) is 98.1 Å². The number of anilines is 1. The summed E-state index contributed by atoms with van der Waals surface area (Å²) in [6.45, 7) is 5.95. The van der Waals surface area contributed by atoms with Crippen LogP contribution in [-0.4, -0.2) is 33.6 Å². The van der Waals surface area contributed by atoms with Gasteiger partial charge >= 0.3 is 0 Å². The molecular formula is C27H27F2N5O3. The summed E-state index contributed by atoms with van der Waals surface area (Å²) < 4.78 is 35.6. The molecule has 0 aliphatic heterocycles. The highest BCUT2D eigenvalue weighted by molar-refractivity contribution is 5.99. The summed E-state index contributed by atoms with van der Waals surface area (Å²) in [7, 11) is 1.52. The van der Waals surface area contributed by atoms with Gasteiger partial charge in [-0.2, -0.15) is 5.10 Å². The number of nitrogens with one attached hydrogen (secondary N) is 2. The van der Waals surface area contributed by atoms with Gasteiger partial charge in [-0.25, -0.2) is 8.78 Å². The number of pyridine rings is 1. The lowest BCUT2D eigenvalue weighted by atomic mass is 10.1. The smallest absolute Gasteiger partial charge is 0.267 e. The van der Waals surface area contributed by atoms with E-state index < -0.39 is 6.43 Å². The fraction of sp³-hybridized carbons (Fsp3) is 0.259. The number of ether oxygens (including phenoxy) is 1. The number of hydrogen-bond acceptors (Lipinski definition) is 5. The third-order valence-corrected chi connectivity index (χ3v) is 5.64. The first-order chi connectivity index (χ1) is 17.5. The van der Waals surface area contributed by atoms with Crippen molar-refractivity contribution in [3.05, 3.63) is 77.7 Å². The summed E-state index contributed by atoms with van der Waals surface area (Å²) in [6.07, 6.45) is 1.82. The molecule has 2 amide bonds. The SMILES string of the molecule is CNC(=O)c1ccc2nccc(Oc3ccc(CC(=O)Nc4cnn(C(C)(C)C)c4)cc3C(F)F)c2c1. The molecule has 0 aliphatic carbocycles. The summed E-state index contributed by atoms with van der Waals surface area (Å²) in [5.41, 5.74) is 1.27. The fourth-order valence-electron chi connectivity index (χ4n) is 3.73. The van der Waals surface area contributed by atoms with Crippen LogP contribution in [0.25, 0.3) is 10.9 Å². The molecule has 0 saturated carbocycles. The number of benzene rings is 2. The van der Waals surface area contributed by atoms with Crippen molar-refractivity contribution in [3.8, 4) is 11.5 Å². The molecule has 8 nitrogen and oxygen atoms in total. The molecule has 2 heterocycles. The van der Waals surface area contributed by atoms with Gasteiger partial charge in [0.2, 0.25) is 5.91 Å². The Morgan fingerprint density at radius 3 is 2.54 bits per heavy atom. The Hall–Kier alpha value is -4.34. The Kier molecular flexibility index (Phi) is 7.19. The molecule has 0 fully saturated rings. The Balaban J connectivity index is 1.56. The van der Waals surface area contributed by atoms with Gasteiger partial charge in [-0.15, -0.1) is 0 Å².